The minimum atomic E-state index is -7.92. The molecule has 1 aromatic carbocycles. The monoisotopic (exact) mass is 610 g/mol. The van der Waals surface area contributed by atoms with E-state index in [0.717, 1.165) is 41.8 Å². The van der Waals surface area contributed by atoms with E-state index in [2.05, 4.69) is 0 Å². The molecule has 0 aromatic heterocycles. The Balaban J connectivity index is 3.25. The number of phenols is 1. The van der Waals surface area contributed by atoms with Gasteiger partial charge in [0.15, 0.2) is 0 Å². The second kappa shape index (κ2) is 8.77. The maximum absolute atomic E-state index is 13.9. The molecule has 0 heterocycles. The number of benzene rings is 1. The molecule has 0 aliphatic heterocycles. The van der Waals surface area contributed by atoms with Gasteiger partial charge in [-0.3, -0.25) is 0 Å². The number of aromatic hydroxyl groups is 1. The molecule has 0 aliphatic carbocycles. The fourth-order valence-corrected chi connectivity index (χ4v) is 3.40. The molecule has 0 saturated carbocycles. The first kappa shape index (κ1) is 28.7. The average Bonchev–Trinajstić information content (AvgIpc) is 2.61. The fourth-order valence-electron chi connectivity index (χ4n) is 2.37. The van der Waals surface area contributed by atoms with Crippen molar-refractivity contribution in [1.82, 2.24) is 0 Å². The summed E-state index contributed by atoms with van der Waals surface area (Å²) in [5, 5.41) is 9.64. The van der Waals surface area contributed by atoms with Crippen LogP contribution in [0, 0.1) is 0 Å². The van der Waals surface area contributed by atoms with Gasteiger partial charge in [-0.05, 0) is 30.2 Å². The number of rotatable bonds is 9. The van der Waals surface area contributed by atoms with Gasteiger partial charge < -0.3 is 9.84 Å². The van der Waals surface area contributed by atoms with Crippen LogP contribution in [0.1, 0.15) is 12.0 Å². The van der Waals surface area contributed by atoms with Crippen molar-refractivity contribution in [3.8, 4) is 11.5 Å². The maximum atomic E-state index is 13.9. The van der Waals surface area contributed by atoms with Crippen molar-refractivity contribution in [2.75, 3.05) is 7.11 Å². The van der Waals surface area contributed by atoms with E-state index >= 15 is 0 Å². The zero-order valence-corrected chi connectivity index (χ0v) is 17.5. The van der Waals surface area contributed by atoms with E-state index in [1.807, 2.05) is 0 Å². The van der Waals surface area contributed by atoms with Gasteiger partial charge in [0.25, 0.3) is 0 Å². The summed E-state index contributed by atoms with van der Waals surface area (Å²) in [7, 11) is 1.16. The highest BCUT2D eigenvalue weighted by molar-refractivity contribution is 14.1. The normalized spacial score (nSPS) is 15.6. The Morgan fingerprint density at radius 3 is 1.72 bits per heavy atom. The predicted molar refractivity (Wildman–Crippen MR) is 91.6 cm³/mol. The van der Waals surface area contributed by atoms with E-state index in [9.17, 15) is 62.2 Å². The van der Waals surface area contributed by atoms with Gasteiger partial charge in [0.2, 0.25) is 0 Å². The van der Waals surface area contributed by atoms with Crippen molar-refractivity contribution >= 4 is 22.6 Å². The van der Waals surface area contributed by atoms with E-state index < -0.39 is 58.3 Å². The molecule has 1 aromatic rings. The Morgan fingerprint density at radius 1 is 0.812 bits per heavy atom. The lowest BCUT2D eigenvalue weighted by atomic mass is 9.91. The van der Waals surface area contributed by atoms with Crippen LogP contribution in [0.4, 0.5) is 57.1 Å². The first-order chi connectivity index (χ1) is 14.1. The largest absolute Gasteiger partial charge is 0.508 e. The molecule has 0 radical (unpaired) electrons. The molecule has 186 valence electrons. The second-order valence-electron chi connectivity index (χ2n) is 6.50. The van der Waals surface area contributed by atoms with Crippen LogP contribution in [0.2, 0.25) is 0 Å². The minimum Gasteiger partial charge on any atom is -0.508 e. The molecule has 0 spiro atoms. The van der Waals surface area contributed by atoms with Crippen LogP contribution >= 0.6 is 22.6 Å². The molecule has 0 amide bonds. The Morgan fingerprint density at radius 2 is 1.28 bits per heavy atom. The third kappa shape index (κ3) is 4.78. The SMILES string of the molecule is COc1ccc(O)c(CC(I)CC(F)(F)C(F)(F)C(F)(F)C(F)(F)C(F)(F)C(F)(F)F)c1. The van der Waals surface area contributed by atoms with E-state index in [-0.39, 0.29) is 11.3 Å². The van der Waals surface area contributed by atoms with Gasteiger partial charge in [-0.1, -0.05) is 22.6 Å². The van der Waals surface area contributed by atoms with Crippen molar-refractivity contribution in [3.63, 3.8) is 0 Å². The molecule has 1 atom stereocenters. The highest BCUT2D eigenvalue weighted by Crippen LogP contribution is 2.61. The molecule has 1 unspecified atom stereocenters. The number of hydrogen-bond donors (Lipinski definition) is 1. The van der Waals surface area contributed by atoms with Crippen LogP contribution in [-0.4, -0.2) is 51.9 Å². The standard InChI is InChI=1S/C16H12F13IO2/c1-32-9-2-3-10(31)7(5-9)4-8(30)6-11(17,18)12(19,20)13(21,22)14(23,24)15(25,26)16(27,28)29/h2-3,5,8,31H,4,6H2,1H3. The molecule has 16 heteroatoms. The Hall–Kier alpha value is -1.36. The molecule has 0 saturated heterocycles. The lowest BCUT2D eigenvalue weighted by Crippen LogP contribution is -2.70. The fraction of sp³-hybridized carbons (Fsp3) is 0.625. The summed E-state index contributed by atoms with van der Waals surface area (Å²) >= 11 is 1.00. The molecule has 1 N–H and O–H groups in total. The van der Waals surface area contributed by atoms with Gasteiger partial charge in [-0.15, -0.1) is 0 Å². The number of hydrogen-bond acceptors (Lipinski definition) is 2. The number of methoxy groups -OCH3 is 1. The maximum Gasteiger partial charge on any atom is 0.460 e. The summed E-state index contributed by atoms with van der Waals surface area (Å²) in [6, 6.07) is 3.25. The summed E-state index contributed by atoms with van der Waals surface area (Å²) in [5.74, 6) is -37.5. The van der Waals surface area contributed by atoms with Crippen LogP contribution in [0.25, 0.3) is 0 Å². The number of ether oxygens (including phenoxy) is 1. The molecule has 0 bridgehead atoms. The lowest BCUT2D eigenvalue weighted by Gasteiger charge is -2.40. The summed E-state index contributed by atoms with van der Waals surface area (Å²) < 4.78 is 174. The third-order valence-corrected chi connectivity index (χ3v) is 5.09. The molecule has 1 rings (SSSR count). The summed E-state index contributed by atoms with van der Waals surface area (Å²) in [4.78, 5) is 0. The van der Waals surface area contributed by atoms with E-state index in [0.29, 0.717) is 0 Å². The topological polar surface area (TPSA) is 29.5 Å². The van der Waals surface area contributed by atoms with Gasteiger partial charge in [0.05, 0.1) is 7.11 Å². The second-order valence-corrected chi connectivity index (χ2v) is 8.26. The molecular formula is C16H12F13IO2. The zero-order chi connectivity index (χ0) is 25.6. The van der Waals surface area contributed by atoms with Gasteiger partial charge >= 0.3 is 35.8 Å². The average molecular weight is 610 g/mol. The lowest BCUT2D eigenvalue weighted by molar-refractivity contribution is -0.440. The number of halogens is 14. The van der Waals surface area contributed by atoms with Crippen molar-refractivity contribution < 1.29 is 66.9 Å². The Kier molecular flexibility index (Phi) is 7.86. The van der Waals surface area contributed by atoms with Crippen LogP contribution < -0.4 is 4.74 Å². The van der Waals surface area contributed by atoms with Gasteiger partial charge in [-0.25, -0.2) is 0 Å². The van der Waals surface area contributed by atoms with Gasteiger partial charge in [0.1, 0.15) is 11.5 Å². The molecule has 0 fully saturated rings. The van der Waals surface area contributed by atoms with E-state index in [1.54, 1.807) is 0 Å². The Bertz CT molecular complexity index is 808. The van der Waals surface area contributed by atoms with Crippen molar-refractivity contribution in [2.45, 2.75) is 52.6 Å². The quantitative estimate of drug-likeness (QED) is 0.188. The van der Waals surface area contributed by atoms with Crippen molar-refractivity contribution in [2.24, 2.45) is 0 Å². The first-order valence-electron chi connectivity index (χ1n) is 8.02. The van der Waals surface area contributed by atoms with E-state index in [1.165, 1.54) is 6.07 Å². The summed E-state index contributed by atoms with van der Waals surface area (Å²) in [5.41, 5.74) is -0.219. The zero-order valence-electron chi connectivity index (χ0n) is 15.4. The van der Waals surface area contributed by atoms with Crippen LogP contribution in [0.15, 0.2) is 18.2 Å². The summed E-state index contributed by atoms with van der Waals surface area (Å²) in [6.45, 7) is 0. The van der Waals surface area contributed by atoms with Crippen molar-refractivity contribution in [3.05, 3.63) is 23.8 Å². The van der Waals surface area contributed by atoms with Gasteiger partial charge in [-0.2, -0.15) is 57.1 Å². The highest BCUT2D eigenvalue weighted by Gasteiger charge is 2.90. The third-order valence-electron chi connectivity index (χ3n) is 4.20. The number of alkyl halides is 14. The first-order valence-corrected chi connectivity index (χ1v) is 9.27. The van der Waals surface area contributed by atoms with Crippen molar-refractivity contribution in [1.29, 1.82) is 0 Å². The van der Waals surface area contributed by atoms with Gasteiger partial charge in [0, 0.05) is 10.3 Å². The summed E-state index contributed by atoms with van der Waals surface area (Å²) in [6.07, 6.45) is -10.5. The smallest absolute Gasteiger partial charge is 0.460 e. The molecule has 2 nitrogen and oxygen atoms in total. The van der Waals surface area contributed by atoms with Crippen LogP contribution in [-0.2, 0) is 6.42 Å². The van der Waals surface area contributed by atoms with E-state index in [4.69, 9.17) is 4.74 Å². The minimum absolute atomic E-state index is 0.0547. The Labute approximate surface area is 184 Å². The molecule has 0 aliphatic rings. The molecule has 32 heavy (non-hydrogen) atoms. The number of phenolic OH excluding ortho intramolecular Hbond substituents is 1. The molecular weight excluding hydrogens is 598 g/mol. The van der Waals surface area contributed by atoms with Crippen LogP contribution in [0.5, 0.6) is 11.5 Å². The predicted octanol–water partition coefficient (Wildman–Crippen LogP) is 6.88. The van der Waals surface area contributed by atoms with Crippen LogP contribution in [0.3, 0.4) is 0 Å². The highest BCUT2D eigenvalue weighted by atomic mass is 127.